The average molecular weight is 297 g/mol. The Balaban J connectivity index is 2.27. The first kappa shape index (κ1) is 12.7. The smallest absolute Gasteiger partial charge is 0.259 e. The zero-order valence-corrected chi connectivity index (χ0v) is 11.7. The van der Waals surface area contributed by atoms with Gasteiger partial charge in [-0.2, -0.15) is 9.43 Å². The molecular weight excluding hydrogens is 286 g/mol. The van der Waals surface area contributed by atoms with Gasteiger partial charge in [0.1, 0.15) is 4.21 Å². The predicted octanol–water partition coefficient (Wildman–Crippen LogP) is 1.84. The molecular formula is C11H11N3O3S2. The number of primary amides is 1. The molecule has 2 aromatic heterocycles. The van der Waals surface area contributed by atoms with E-state index in [1.807, 2.05) is 13.2 Å². The van der Waals surface area contributed by atoms with E-state index in [1.54, 1.807) is 4.68 Å². The number of carbonyl (C=O) groups is 1. The van der Waals surface area contributed by atoms with Crippen LogP contribution in [0.5, 0.6) is 0 Å². The van der Waals surface area contributed by atoms with E-state index in [-0.39, 0.29) is 0 Å². The van der Waals surface area contributed by atoms with E-state index in [4.69, 9.17) is 11.0 Å². The molecule has 1 aliphatic carbocycles. The van der Waals surface area contributed by atoms with Crippen LogP contribution >= 0.6 is 23.4 Å². The minimum atomic E-state index is -0.448. The first-order valence-electron chi connectivity index (χ1n) is 5.58. The molecule has 3 rings (SSSR count). The van der Waals surface area contributed by atoms with Crippen LogP contribution in [0.3, 0.4) is 0 Å². The number of aryl methyl sites for hydroxylation is 2. The molecule has 0 atom stereocenters. The molecule has 0 radical (unpaired) electrons. The van der Waals surface area contributed by atoms with Crippen LogP contribution in [-0.2, 0) is 24.2 Å². The Kier molecular flexibility index (Phi) is 3.09. The van der Waals surface area contributed by atoms with Crippen molar-refractivity contribution in [3.63, 3.8) is 0 Å². The number of hydrogen-bond acceptors (Lipinski definition) is 6. The lowest BCUT2D eigenvalue weighted by atomic mass is 9.92. The molecule has 0 saturated heterocycles. The Hall–Kier alpha value is -1.35. The third-order valence-electron chi connectivity index (χ3n) is 3.21. The molecule has 0 spiro atoms. The van der Waals surface area contributed by atoms with Gasteiger partial charge in [-0.1, -0.05) is 0 Å². The SMILES string of the molecule is Cn1ncc2c1-c1c(SOO)sc(C(N)=O)c1CC2. The van der Waals surface area contributed by atoms with Crippen molar-refractivity contribution in [3.8, 4) is 11.3 Å². The maximum Gasteiger partial charge on any atom is 0.259 e. The normalized spacial score (nSPS) is 13.2. The van der Waals surface area contributed by atoms with E-state index in [0.717, 1.165) is 51.5 Å². The summed E-state index contributed by atoms with van der Waals surface area (Å²) in [6.45, 7) is 0. The summed E-state index contributed by atoms with van der Waals surface area (Å²) in [4.78, 5) is 12.1. The van der Waals surface area contributed by atoms with Crippen LogP contribution < -0.4 is 5.73 Å². The van der Waals surface area contributed by atoms with Gasteiger partial charge in [0.2, 0.25) is 0 Å². The van der Waals surface area contributed by atoms with Gasteiger partial charge in [-0.05, 0) is 24.0 Å². The molecule has 1 aliphatic rings. The minimum absolute atomic E-state index is 0.448. The molecule has 3 N–H and O–H groups in total. The van der Waals surface area contributed by atoms with Crippen molar-refractivity contribution in [1.29, 1.82) is 0 Å². The standard InChI is InChI=1S/C11H11N3O3S2/c1-14-8-5(4-13-14)2-3-6-7(8)11(19-17-16)18-9(6)10(12)15/h4,16H,2-3H2,1H3,(H2,12,15). The average Bonchev–Trinajstić information content (AvgIpc) is 2.92. The quantitative estimate of drug-likeness (QED) is 0.512. The van der Waals surface area contributed by atoms with Gasteiger partial charge in [-0.15, -0.1) is 11.3 Å². The Morgan fingerprint density at radius 1 is 1.63 bits per heavy atom. The van der Waals surface area contributed by atoms with Crippen molar-refractivity contribution in [3.05, 3.63) is 22.2 Å². The largest absolute Gasteiger partial charge is 0.365 e. The van der Waals surface area contributed by atoms with Crippen LogP contribution in [0.25, 0.3) is 11.3 Å². The van der Waals surface area contributed by atoms with Gasteiger partial charge >= 0.3 is 0 Å². The summed E-state index contributed by atoms with van der Waals surface area (Å²) in [6, 6.07) is 0. The van der Waals surface area contributed by atoms with Crippen LogP contribution in [0, 0.1) is 0 Å². The Bertz CT molecular complexity index is 662. The van der Waals surface area contributed by atoms with Crippen LogP contribution in [0.1, 0.15) is 20.8 Å². The highest BCUT2D eigenvalue weighted by atomic mass is 32.2. The summed E-state index contributed by atoms with van der Waals surface area (Å²) in [6.07, 6.45) is 3.40. The maximum atomic E-state index is 11.5. The fraction of sp³-hybridized carbons (Fsp3) is 0.273. The van der Waals surface area contributed by atoms with E-state index in [1.165, 1.54) is 11.3 Å². The van der Waals surface area contributed by atoms with Gasteiger partial charge < -0.3 is 5.73 Å². The van der Waals surface area contributed by atoms with Crippen LogP contribution in [-0.4, -0.2) is 20.9 Å². The van der Waals surface area contributed by atoms with E-state index in [0.29, 0.717) is 4.88 Å². The third kappa shape index (κ3) is 1.88. The first-order chi connectivity index (χ1) is 9.13. The van der Waals surface area contributed by atoms with Crippen LogP contribution in [0.4, 0.5) is 0 Å². The molecule has 0 aliphatic heterocycles. The third-order valence-corrected chi connectivity index (χ3v) is 5.13. The molecule has 0 saturated carbocycles. The Morgan fingerprint density at radius 2 is 2.42 bits per heavy atom. The molecule has 2 aromatic rings. The second-order valence-electron chi connectivity index (χ2n) is 4.24. The number of hydrogen-bond donors (Lipinski definition) is 2. The summed E-state index contributed by atoms with van der Waals surface area (Å²) in [5.74, 6) is -0.448. The van der Waals surface area contributed by atoms with Crippen molar-refractivity contribution in [2.45, 2.75) is 17.1 Å². The lowest BCUT2D eigenvalue weighted by Crippen LogP contribution is -2.13. The summed E-state index contributed by atoms with van der Waals surface area (Å²) in [7, 11) is 1.85. The molecule has 0 bridgehead atoms. The lowest BCUT2D eigenvalue weighted by molar-refractivity contribution is -0.116. The van der Waals surface area contributed by atoms with E-state index in [2.05, 4.69) is 9.43 Å². The van der Waals surface area contributed by atoms with Crippen molar-refractivity contribution in [1.82, 2.24) is 9.78 Å². The van der Waals surface area contributed by atoms with Gasteiger partial charge in [0.25, 0.3) is 5.91 Å². The molecule has 0 fully saturated rings. The van der Waals surface area contributed by atoms with E-state index >= 15 is 0 Å². The fourth-order valence-corrected chi connectivity index (χ4v) is 4.24. The Morgan fingerprint density at radius 3 is 3.11 bits per heavy atom. The second-order valence-corrected chi connectivity index (χ2v) is 6.24. The van der Waals surface area contributed by atoms with Crippen molar-refractivity contribution < 1.29 is 14.4 Å². The van der Waals surface area contributed by atoms with Gasteiger partial charge in [0, 0.05) is 12.6 Å². The van der Waals surface area contributed by atoms with E-state index < -0.39 is 5.91 Å². The van der Waals surface area contributed by atoms with Crippen molar-refractivity contribution in [2.24, 2.45) is 12.8 Å². The van der Waals surface area contributed by atoms with Crippen LogP contribution in [0.2, 0.25) is 0 Å². The topological polar surface area (TPSA) is 90.4 Å². The monoisotopic (exact) mass is 297 g/mol. The number of aromatic nitrogens is 2. The summed E-state index contributed by atoms with van der Waals surface area (Å²) in [5.41, 5.74) is 9.33. The molecule has 19 heavy (non-hydrogen) atoms. The van der Waals surface area contributed by atoms with Crippen molar-refractivity contribution in [2.75, 3.05) is 0 Å². The highest BCUT2D eigenvalue weighted by molar-refractivity contribution is 7.96. The molecule has 0 unspecified atom stereocenters. The highest BCUT2D eigenvalue weighted by Crippen LogP contribution is 2.46. The summed E-state index contributed by atoms with van der Waals surface area (Å²) < 4.78 is 6.65. The lowest BCUT2D eigenvalue weighted by Gasteiger charge is -2.15. The number of nitrogens with two attached hydrogens (primary N) is 1. The number of carbonyl (C=O) groups excluding carboxylic acids is 1. The zero-order chi connectivity index (χ0) is 13.6. The molecule has 0 aromatic carbocycles. The van der Waals surface area contributed by atoms with Gasteiger partial charge in [-0.3, -0.25) is 9.48 Å². The molecule has 100 valence electrons. The van der Waals surface area contributed by atoms with Gasteiger partial charge in [0.05, 0.1) is 28.8 Å². The minimum Gasteiger partial charge on any atom is -0.365 e. The first-order valence-corrected chi connectivity index (χ1v) is 7.14. The fourth-order valence-electron chi connectivity index (χ4n) is 2.46. The van der Waals surface area contributed by atoms with E-state index in [9.17, 15) is 4.79 Å². The highest BCUT2D eigenvalue weighted by Gasteiger charge is 2.30. The maximum absolute atomic E-state index is 11.5. The number of thiophene rings is 1. The number of rotatable bonds is 3. The molecule has 6 nitrogen and oxygen atoms in total. The predicted molar refractivity (Wildman–Crippen MR) is 72.0 cm³/mol. The number of fused-ring (bicyclic) bond motifs is 3. The van der Waals surface area contributed by atoms with Gasteiger partial charge in [0.15, 0.2) is 0 Å². The van der Waals surface area contributed by atoms with Crippen molar-refractivity contribution >= 4 is 29.3 Å². The summed E-state index contributed by atoms with van der Waals surface area (Å²) in [5, 5.41) is 12.9. The number of nitrogens with zero attached hydrogens (tertiary/aromatic N) is 2. The van der Waals surface area contributed by atoms with Gasteiger partial charge in [-0.25, -0.2) is 5.26 Å². The van der Waals surface area contributed by atoms with Crippen LogP contribution in [0.15, 0.2) is 10.4 Å². The molecule has 2 heterocycles. The zero-order valence-electron chi connectivity index (χ0n) is 10.0. The number of amides is 1. The second kappa shape index (κ2) is 4.64. The Labute approximate surface area is 117 Å². The summed E-state index contributed by atoms with van der Waals surface area (Å²) >= 11 is 2.07. The molecule has 1 amide bonds. The molecule has 8 heteroatoms.